The Hall–Kier alpha value is -2.15. The first-order valence-corrected chi connectivity index (χ1v) is 8.39. The van der Waals surface area contributed by atoms with Crippen molar-refractivity contribution in [2.75, 3.05) is 36.4 Å². The monoisotopic (exact) mass is 313 g/mol. The highest BCUT2D eigenvalue weighted by molar-refractivity contribution is 5.35. The molecule has 0 bridgehead atoms. The number of hydrogen-bond acceptors (Lipinski definition) is 6. The molecule has 122 valence electrons. The fourth-order valence-corrected chi connectivity index (χ4v) is 3.39. The summed E-state index contributed by atoms with van der Waals surface area (Å²) in [4.78, 5) is 11.0. The summed E-state index contributed by atoms with van der Waals surface area (Å²) in [6.07, 6.45) is 7.77. The lowest BCUT2D eigenvalue weighted by molar-refractivity contribution is 0.342. The fraction of sp³-hybridized carbons (Fsp3) is 0.562. The van der Waals surface area contributed by atoms with E-state index in [1.165, 1.54) is 0 Å². The molecule has 4 rings (SSSR count). The van der Waals surface area contributed by atoms with Gasteiger partial charge in [0.1, 0.15) is 5.82 Å². The molecule has 0 unspecified atom stereocenters. The van der Waals surface area contributed by atoms with E-state index < -0.39 is 0 Å². The van der Waals surface area contributed by atoms with E-state index in [1.54, 1.807) is 0 Å². The van der Waals surface area contributed by atoms with Gasteiger partial charge in [-0.3, -0.25) is 0 Å². The molecule has 7 nitrogen and oxygen atoms in total. The molecule has 0 saturated carbocycles. The zero-order valence-electron chi connectivity index (χ0n) is 13.2. The third kappa shape index (κ3) is 3.29. The van der Waals surface area contributed by atoms with E-state index >= 15 is 0 Å². The predicted molar refractivity (Wildman–Crippen MR) is 89.5 cm³/mol. The highest BCUT2D eigenvalue weighted by Crippen LogP contribution is 2.18. The van der Waals surface area contributed by atoms with E-state index in [2.05, 4.69) is 35.3 Å². The van der Waals surface area contributed by atoms with E-state index in [0.29, 0.717) is 12.0 Å². The zero-order valence-corrected chi connectivity index (χ0v) is 13.2. The Morgan fingerprint density at radius 2 is 2.00 bits per heavy atom. The van der Waals surface area contributed by atoms with Crippen LogP contribution in [0.4, 0.5) is 11.8 Å². The molecule has 4 heterocycles. The van der Waals surface area contributed by atoms with Crippen LogP contribution in [0, 0.1) is 5.92 Å². The first-order valence-electron chi connectivity index (χ1n) is 8.39. The van der Waals surface area contributed by atoms with Crippen molar-refractivity contribution in [2.45, 2.75) is 25.4 Å². The standard InChI is InChI=1S/C16H23N7/c1-5-17-16(18-6-1)22-8-3-14(4-9-22)19-10-13-11-20-15-2-7-21-23(15)12-13/h1-2,5-7,13-14,19-20H,3-4,8-12H2/t13-/m1/s1. The highest BCUT2D eigenvalue weighted by atomic mass is 15.3. The van der Waals surface area contributed by atoms with Crippen molar-refractivity contribution in [2.24, 2.45) is 5.92 Å². The van der Waals surface area contributed by atoms with Crippen molar-refractivity contribution >= 4 is 11.8 Å². The van der Waals surface area contributed by atoms with E-state index in [1.807, 2.05) is 30.7 Å². The van der Waals surface area contributed by atoms with Gasteiger partial charge in [-0.1, -0.05) is 0 Å². The van der Waals surface area contributed by atoms with Crippen LogP contribution in [0.15, 0.2) is 30.7 Å². The summed E-state index contributed by atoms with van der Waals surface area (Å²) in [6.45, 7) is 5.11. The zero-order chi connectivity index (χ0) is 15.5. The van der Waals surface area contributed by atoms with Crippen LogP contribution < -0.4 is 15.5 Å². The Balaban J connectivity index is 1.23. The van der Waals surface area contributed by atoms with Gasteiger partial charge in [0.05, 0.1) is 6.20 Å². The number of hydrogen-bond donors (Lipinski definition) is 2. The summed E-state index contributed by atoms with van der Waals surface area (Å²) in [5.41, 5.74) is 0. The molecule has 2 aromatic heterocycles. The number of aromatic nitrogens is 4. The molecule has 1 fully saturated rings. The fourth-order valence-electron chi connectivity index (χ4n) is 3.39. The minimum absolute atomic E-state index is 0.592. The number of nitrogens with zero attached hydrogens (tertiary/aromatic N) is 5. The molecule has 0 radical (unpaired) electrons. The lowest BCUT2D eigenvalue weighted by Crippen LogP contribution is -2.46. The molecule has 7 heteroatoms. The van der Waals surface area contributed by atoms with Gasteiger partial charge in [0, 0.05) is 63.1 Å². The summed E-state index contributed by atoms with van der Waals surface area (Å²) in [6, 6.07) is 4.49. The average Bonchev–Trinajstić information content (AvgIpc) is 3.09. The Labute approximate surface area is 136 Å². The van der Waals surface area contributed by atoms with Crippen LogP contribution in [0.5, 0.6) is 0 Å². The molecule has 2 aliphatic rings. The smallest absolute Gasteiger partial charge is 0.225 e. The van der Waals surface area contributed by atoms with Crippen LogP contribution in [0.2, 0.25) is 0 Å². The molecule has 2 aromatic rings. The van der Waals surface area contributed by atoms with Crippen molar-refractivity contribution in [1.29, 1.82) is 0 Å². The molecular weight excluding hydrogens is 290 g/mol. The molecule has 2 aliphatic heterocycles. The van der Waals surface area contributed by atoms with E-state index in [4.69, 9.17) is 0 Å². The van der Waals surface area contributed by atoms with Gasteiger partial charge in [-0.25, -0.2) is 14.6 Å². The molecule has 2 N–H and O–H groups in total. The largest absolute Gasteiger partial charge is 0.370 e. The van der Waals surface area contributed by atoms with E-state index in [9.17, 15) is 0 Å². The summed E-state index contributed by atoms with van der Waals surface area (Å²) >= 11 is 0. The molecule has 0 aromatic carbocycles. The lowest BCUT2D eigenvalue weighted by atomic mass is 10.0. The normalized spacial score (nSPS) is 21.7. The van der Waals surface area contributed by atoms with Crippen LogP contribution in [-0.2, 0) is 6.54 Å². The van der Waals surface area contributed by atoms with Crippen molar-refractivity contribution < 1.29 is 0 Å². The van der Waals surface area contributed by atoms with Gasteiger partial charge in [-0.15, -0.1) is 0 Å². The second-order valence-electron chi connectivity index (χ2n) is 6.36. The van der Waals surface area contributed by atoms with Crippen LogP contribution in [0.1, 0.15) is 12.8 Å². The minimum atomic E-state index is 0.592. The van der Waals surface area contributed by atoms with Crippen molar-refractivity contribution in [3.05, 3.63) is 30.7 Å². The second kappa shape index (κ2) is 6.54. The van der Waals surface area contributed by atoms with Crippen molar-refractivity contribution in [1.82, 2.24) is 25.1 Å². The van der Waals surface area contributed by atoms with Crippen LogP contribution >= 0.6 is 0 Å². The number of nitrogens with one attached hydrogen (secondary N) is 2. The lowest BCUT2D eigenvalue weighted by Gasteiger charge is -2.34. The SMILES string of the molecule is c1cnc(N2CCC(NC[C@@H]3CNc4ccnn4C3)CC2)nc1. The van der Waals surface area contributed by atoms with Gasteiger partial charge in [-0.05, 0) is 18.9 Å². The van der Waals surface area contributed by atoms with E-state index in [0.717, 1.165) is 57.3 Å². The van der Waals surface area contributed by atoms with Crippen molar-refractivity contribution in [3.8, 4) is 0 Å². The number of rotatable bonds is 4. The summed E-state index contributed by atoms with van der Waals surface area (Å²) in [5, 5.41) is 11.5. The minimum Gasteiger partial charge on any atom is -0.370 e. The first kappa shape index (κ1) is 14.4. The molecular formula is C16H23N7. The van der Waals surface area contributed by atoms with Crippen molar-refractivity contribution in [3.63, 3.8) is 0 Å². The van der Waals surface area contributed by atoms with Gasteiger partial charge < -0.3 is 15.5 Å². The van der Waals surface area contributed by atoms with Gasteiger partial charge >= 0.3 is 0 Å². The summed E-state index contributed by atoms with van der Waals surface area (Å²) in [5.74, 6) is 2.59. The topological polar surface area (TPSA) is 70.9 Å². The molecule has 23 heavy (non-hydrogen) atoms. The number of piperidine rings is 1. The molecule has 0 spiro atoms. The molecule has 0 amide bonds. The Bertz CT molecular complexity index is 618. The quantitative estimate of drug-likeness (QED) is 0.876. The van der Waals surface area contributed by atoms with Gasteiger partial charge in [0.25, 0.3) is 0 Å². The maximum atomic E-state index is 4.35. The van der Waals surface area contributed by atoms with Gasteiger partial charge in [-0.2, -0.15) is 5.10 Å². The predicted octanol–water partition coefficient (Wildman–Crippen LogP) is 0.973. The van der Waals surface area contributed by atoms with Gasteiger partial charge in [0.15, 0.2) is 0 Å². The summed E-state index contributed by atoms with van der Waals surface area (Å²) in [7, 11) is 0. The van der Waals surface area contributed by atoms with Gasteiger partial charge in [0.2, 0.25) is 5.95 Å². The van der Waals surface area contributed by atoms with Crippen LogP contribution in [-0.4, -0.2) is 52.0 Å². The van der Waals surface area contributed by atoms with Crippen LogP contribution in [0.25, 0.3) is 0 Å². The highest BCUT2D eigenvalue weighted by Gasteiger charge is 2.23. The molecule has 1 saturated heterocycles. The second-order valence-corrected chi connectivity index (χ2v) is 6.36. The van der Waals surface area contributed by atoms with E-state index in [-0.39, 0.29) is 0 Å². The maximum Gasteiger partial charge on any atom is 0.225 e. The average molecular weight is 313 g/mol. The first-order chi connectivity index (χ1) is 11.4. The Morgan fingerprint density at radius 3 is 2.83 bits per heavy atom. The summed E-state index contributed by atoms with van der Waals surface area (Å²) < 4.78 is 2.06. The molecule has 0 aliphatic carbocycles. The third-order valence-electron chi connectivity index (χ3n) is 4.74. The van der Waals surface area contributed by atoms with Crippen LogP contribution in [0.3, 0.4) is 0 Å². The Kier molecular flexibility index (Phi) is 4.10. The number of fused-ring (bicyclic) bond motifs is 1. The molecule has 1 atom stereocenters. The Morgan fingerprint density at radius 1 is 1.17 bits per heavy atom. The number of anilines is 2. The maximum absolute atomic E-state index is 4.35. The third-order valence-corrected chi connectivity index (χ3v) is 4.74.